The molecule has 3 aromatic carbocycles. The van der Waals surface area contributed by atoms with Crippen molar-refractivity contribution in [1.29, 1.82) is 0 Å². The number of hydrogen-bond donors (Lipinski definition) is 0. The summed E-state index contributed by atoms with van der Waals surface area (Å²) in [6, 6.07) is 21.8. The van der Waals surface area contributed by atoms with Crippen molar-refractivity contribution in [2.45, 2.75) is 84.0 Å². The Hall–Kier alpha value is -2.72. The number of hydrogen-bond acceptors (Lipinski definition) is 1. The number of benzene rings is 3. The molecule has 0 aromatic heterocycles. The van der Waals surface area contributed by atoms with Crippen molar-refractivity contribution < 1.29 is 4.74 Å². The van der Waals surface area contributed by atoms with Gasteiger partial charge in [-0.25, -0.2) is 0 Å². The van der Waals surface area contributed by atoms with Crippen molar-refractivity contribution in [3.63, 3.8) is 0 Å². The molecule has 0 spiro atoms. The predicted molar refractivity (Wildman–Crippen MR) is 146 cm³/mol. The average molecular weight is 453 g/mol. The molecule has 0 amide bonds. The number of ether oxygens (including phenoxy) is 1. The molecule has 0 heterocycles. The molecule has 1 fully saturated rings. The summed E-state index contributed by atoms with van der Waals surface area (Å²) < 4.78 is 5.94. The summed E-state index contributed by atoms with van der Waals surface area (Å²) in [5.41, 5.74) is 3.64. The molecule has 0 atom stereocenters. The molecule has 1 heteroatoms. The molecule has 1 aliphatic rings. The lowest BCUT2D eigenvalue weighted by Crippen LogP contribution is -2.13. The minimum absolute atomic E-state index is 0.737. The van der Waals surface area contributed by atoms with Crippen LogP contribution in [0.1, 0.15) is 101 Å². The second-order valence-electron chi connectivity index (χ2n) is 10.0. The third-order valence-electron chi connectivity index (χ3n) is 7.36. The van der Waals surface area contributed by atoms with E-state index in [2.05, 4.69) is 86.4 Å². The first-order valence-corrected chi connectivity index (χ1v) is 13.5. The molecule has 178 valence electrons. The monoisotopic (exact) mass is 452 g/mol. The first kappa shape index (κ1) is 24.4. The number of rotatable bonds is 9. The quantitative estimate of drug-likeness (QED) is 0.232. The zero-order valence-electron chi connectivity index (χ0n) is 21.1. The third kappa shape index (κ3) is 6.89. The predicted octanol–water partition coefficient (Wildman–Crippen LogP) is 9.27. The lowest BCUT2D eigenvalue weighted by molar-refractivity contribution is 0.305. The Bertz CT molecular complexity index is 1090. The van der Waals surface area contributed by atoms with Crippen LogP contribution in [0.4, 0.5) is 0 Å². The van der Waals surface area contributed by atoms with Crippen molar-refractivity contribution in [3.05, 3.63) is 77.4 Å². The van der Waals surface area contributed by atoms with Gasteiger partial charge < -0.3 is 4.74 Å². The van der Waals surface area contributed by atoms with Crippen molar-refractivity contribution in [2.75, 3.05) is 6.61 Å². The van der Waals surface area contributed by atoms with Crippen LogP contribution in [-0.4, -0.2) is 6.61 Å². The maximum Gasteiger partial charge on any atom is 0.119 e. The van der Waals surface area contributed by atoms with Crippen LogP contribution in [0.3, 0.4) is 0 Å². The molecule has 0 radical (unpaired) electrons. The summed E-state index contributed by atoms with van der Waals surface area (Å²) >= 11 is 0. The van der Waals surface area contributed by atoms with Gasteiger partial charge in [0, 0.05) is 11.1 Å². The fraction of sp³-hybridized carbons (Fsp3) is 0.455. The molecule has 4 rings (SSSR count). The smallest absolute Gasteiger partial charge is 0.119 e. The highest BCUT2D eigenvalue weighted by molar-refractivity contribution is 5.85. The van der Waals surface area contributed by atoms with Crippen molar-refractivity contribution in [1.82, 2.24) is 0 Å². The Morgan fingerprint density at radius 3 is 2.18 bits per heavy atom. The van der Waals surface area contributed by atoms with Crippen LogP contribution in [0.25, 0.3) is 10.8 Å². The molecule has 1 nitrogen and oxygen atoms in total. The van der Waals surface area contributed by atoms with E-state index in [4.69, 9.17) is 4.74 Å². The maximum atomic E-state index is 5.94. The van der Waals surface area contributed by atoms with E-state index in [-0.39, 0.29) is 0 Å². The van der Waals surface area contributed by atoms with Crippen molar-refractivity contribution in [2.24, 2.45) is 5.92 Å². The van der Waals surface area contributed by atoms with Crippen LogP contribution in [-0.2, 0) is 0 Å². The molecular formula is C33H40O. The largest absolute Gasteiger partial charge is 0.494 e. The van der Waals surface area contributed by atoms with E-state index in [0.717, 1.165) is 41.7 Å². The fourth-order valence-corrected chi connectivity index (χ4v) is 5.29. The molecule has 3 aromatic rings. The molecule has 0 N–H and O–H groups in total. The van der Waals surface area contributed by atoms with Crippen LogP contribution >= 0.6 is 0 Å². The summed E-state index contributed by atoms with van der Waals surface area (Å²) in [6.07, 6.45) is 13.1. The highest BCUT2D eigenvalue weighted by Gasteiger charge is 2.21. The van der Waals surface area contributed by atoms with Gasteiger partial charge in [0.2, 0.25) is 0 Å². The summed E-state index contributed by atoms with van der Waals surface area (Å²) in [5, 5.41) is 2.41. The van der Waals surface area contributed by atoms with Gasteiger partial charge in [0.25, 0.3) is 0 Å². The summed E-state index contributed by atoms with van der Waals surface area (Å²) in [5.74, 6) is 9.38. The minimum Gasteiger partial charge on any atom is -0.494 e. The number of fused-ring (bicyclic) bond motifs is 1. The zero-order valence-corrected chi connectivity index (χ0v) is 21.1. The molecule has 0 unspecified atom stereocenters. The van der Waals surface area contributed by atoms with Gasteiger partial charge in [-0.3, -0.25) is 0 Å². The molecule has 34 heavy (non-hydrogen) atoms. The van der Waals surface area contributed by atoms with Gasteiger partial charge in [-0.05, 0) is 96.7 Å². The highest BCUT2D eigenvalue weighted by Crippen LogP contribution is 2.37. The Kier molecular flexibility index (Phi) is 9.09. The van der Waals surface area contributed by atoms with Gasteiger partial charge in [0.1, 0.15) is 5.75 Å². The Morgan fingerprint density at radius 1 is 0.706 bits per heavy atom. The Morgan fingerprint density at radius 2 is 1.41 bits per heavy atom. The molecule has 0 aliphatic heterocycles. The molecule has 0 saturated heterocycles. The second-order valence-corrected chi connectivity index (χ2v) is 10.0. The van der Waals surface area contributed by atoms with E-state index in [1.54, 1.807) is 0 Å². The topological polar surface area (TPSA) is 9.23 Å². The molecule has 1 saturated carbocycles. The van der Waals surface area contributed by atoms with Crippen molar-refractivity contribution >= 4 is 10.8 Å². The Balaban J connectivity index is 1.34. The average Bonchev–Trinajstić information content (AvgIpc) is 2.88. The van der Waals surface area contributed by atoms with Crippen LogP contribution < -0.4 is 4.74 Å². The summed E-state index contributed by atoms with van der Waals surface area (Å²) in [6.45, 7) is 5.35. The normalized spacial score (nSPS) is 17.8. The SMILES string of the molecule is CCCCCCOc1ccc2cc(C#Cc3ccc(C4CCC(CCC)CC4)cc3)ccc2c1. The van der Waals surface area contributed by atoms with E-state index < -0.39 is 0 Å². The fourth-order valence-electron chi connectivity index (χ4n) is 5.29. The molecular weight excluding hydrogens is 412 g/mol. The van der Waals surface area contributed by atoms with Gasteiger partial charge in [-0.1, -0.05) is 82.1 Å². The van der Waals surface area contributed by atoms with E-state index in [9.17, 15) is 0 Å². The number of unbranched alkanes of at least 4 members (excludes halogenated alkanes) is 3. The molecule has 0 bridgehead atoms. The zero-order chi connectivity index (χ0) is 23.6. The van der Waals surface area contributed by atoms with Gasteiger partial charge in [-0.15, -0.1) is 0 Å². The van der Waals surface area contributed by atoms with E-state index in [0.29, 0.717) is 0 Å². The first-order valence-electron chi connectivity index (χ1n) is 13.5. The molecule has 1 aliphatic carbocycles. The summed E-state index contributed by atoms with van der Waals surface area (Å²) in [4.78, 5) is 0. The van der Waals surface area contributed by atoms with Crippen molar-refractivity contribution in [3.8, 4) is 17.6 Å². The van der Waals surface area contributed by atoms with E-state index in [1.165, 1.54) is 74.1 Å². The maximum absolute atomic E-state index is 5.94. The van der Waals surface area contributed by atoms with Crippen LogP contribution in [0, 0.1) is 17.8 Å². The lowest BCUT2D eigenvalue weighted by atomic mass is 9.77. The minimum atomic E-state index is 0.737. The van der Waals surface area contributed by atoms with Gasteiger partial charge >= 0.3 is 0 Å². The van der Waals surface area contributed by atoms with Crippen LogP contribution in [0.2, 0.25) is 0 Å². The first-order chi connectivity index (χ1) is 16.7. The van der Waals surface area contributed by atoms with Gasteiger partial charge in [0.05, 0.1) is 6.61 Å². The van der Waals surface area contributed by atoms with Crippen LogP contribution in [0.5, 0.6) is 5.75 Å². The highest BCUT2D eigenvalue weighted by atomic mass is 16.5. The van der Waals surface area contributed by atoms with E-state index in [1.807, 2.05) is 0 Å². The van der Waals surface area contributed by atoms with Gasteiger partial charge in [-0.2, -0.15) is 0 Å². The van der Waals surface area contributed by atoms with Gasteiger partial charge in [0.15, 0.2) is 0 Å². The standard InChI is InChI=1S/C33H40O/c1-3-5-6-7-23-34-33-22-21-31-24-28(15-20-32(31)25-33)10-9-27-13-18-30(19-14-27)29-16-11-26(8-4-2)12-17-29/h13-15,18-22,24-26,29H,3-8,11-12,16-17,23H2,1-2H3. The third-order valence-corrected chi connectivity index (χ3v) is 7.36. The van der Waals surface area contributed by atoms with E-state index >= 15 is 0 Å². The lowest BCUT2D eigenvalue weighted by Gasteiger charge is -2.28. The van der Waals surface area contributed by atoms with Crippen LogP contribution in [0.15, 0.2) is 60.7 Å². The second kappa shape index (κ2) is 12.7. The summed E-state index contributed by atoms with van der Waals surface area (Å²) in [7, 11) is 0. The Labute approximate surface area is 206 Å².